The van der Waals surface area contributed by atoms with Crippen LogP contribution in [0.3, 0.4) is 0 Å². The molecule has 0 spiro atoms. The summed E-state index contributed by atoms with van der Waals surface area (Å²) in [6.07, 6.45) is -2.02. The number of rotatable bonds is 5. The number of hydrogen-bond acceptors (Lipinski definition) is 3. The minimum Gasteiger partial charge on any atom is -0.503 e. The van der Waals surface area contributed by atoms with Crippen LogP contribution in [0.25, 0.3) is 6.08 Å². The van der Waals surface area contributed by atoms with Crippen molar-refractivity contribution < 1.29 is 32.3 Å². The number of nitrogens with zero attached hydrogens (tertiary/aromatic N) is 1. The third-order valence-corrected chi connectivity index (χ3v) is 5.34. The van der Waals surface area contributed by atoms with Crippen molar-refractivity contribution in [3.8, 4) is 0 Å². The van der Waals surface area contributed by atoms with Crippen molar-refractivity contribution in [3.63, 3.8) is 0 Å². The summed E-state index contributed by atoms with van der Waals surface area (Å²) in [6.45, 7) is 0. The highest BCUT2D eigenvalue weighted by Crippen LogP contribution is 2.42. The predicted octanol–water partition coefficient (Wildman–Crippen LogP) is 6.03. The minimum atomic E-state index is -4.67. The Morgan fingerprint density at radius 3 is 2.26 bits per heavy atom. The maximum absolute atomic E-state index is 13.6. The molecule has 34 heavy (non-hydrogen) atoms. The van der Waals surface area contributed by atoms with E-state index in [0.29, 0.717) is 5.56 Å². The molecule has 0 saturated carbocycles. The molecule has 4 nitrogen and oxygen atoms in total. The van der Waals surface area contributed by atoms with Crippen LogP contribution in [-0.2, 0) is 15.8 Å². The zero-order valence-corrected chi connectivity index (χ0v) is 17.5. The van der Waals surface area contributed by atoms with Gasteiger partial charge in [0.25, 0.3) is 5.91 Å². The summed E-state index contributed by atoms with van der Waals surface area (Å²) in [7, 11) is 0. The molecule has 0 aromatic heterocycles. The summed E-state index contributed by atoms with van der Waals surface area (Å²) in [6, 6.07) is 16.3. The number of anilines is 1. The van der Waals surface area contributed by atoms with Gasteiger partial charge in [0.15, 0.2) is 11.5 Å². The first-order valence-corrected chi connectivity index (χ1v) is 10.1. The van der Waals surface area contributed by atoms with Crippen LogP contribution in [-0.4, -0.2) is 16.8 Å². The number of carbonyl (C=O) groups excluding carboxylic acids is 2. The molecule has 1 heterocycles. The van der Waals surface area contributed by atoms with Gasteiger partial charge in [-0.3, -0.25) is 14.5 Å². The summed E-state index contributed by atoms with van der Waals surface area (Å²) in [5, 5.41) is 10.6. The highest BCUT2D eigenvalue weighted by molar-refractivity contribution is 6.19. The smallest absolute Gasteiger partial charge is 0.416 e. The van der Waals surface area contributed by atoms with Crippen LogP contribution in [0.15, 0.2) is 96.3 Å². The lowest BCUT2D eigenvalue weighted by molar-refractivity contribution is -0.137. The van der Waals surface area contributed by atoms with Crippen molar-refractivity contribution in [1.29, 1.82) is 0 Å². The van der Waals surface area contributed by atoms with Crippen molar-refractivity contribution >= 4 is 23.5 Å². The molecule has 0 fully saturated rings. The monoisotopic (exact) mass is 467 g/mol. The fourth-order valence-electron chi connectivity index (χ4n) is 3.74. The van der Waals surface area contributed by atoms with Gasteiger partial charge in [-0.1, -0.05) is 54.6 Å². The first kappa shape index (κ1) is 23.0. The quantitative estimate of drug-likeness (QED) is 0.368. The third-order valence-electron chi connectivity index (χ3n) is 5.34. The summed E-state index contributed by atoms with van der Waals surface area (Å²) in [5.41, 5.74) is -0.559. The molecule has 1 aliphatic heterocycles. The highest BCUT2D eigenvalue weighted by Gasteiger charge is 2.44. The molecule has 0 bridgehead atoms. The number of alkyl halides is 3. The van der Waals surface area contributed by atoms with Gasteiger partial charge in [-0.05, 0) is 47.5 Å². The van der Waals surface area contributed by atoms with E-state index in [4.69, 9.17) is 0 Å². The summed E-state index contributed by atoms with van der Waals surface area (Å²) < 4.78 is 53.4. The number of allylic oxidation sites excluding steroid dienone is 1. The lowest BCUT2D eigenvalue weighted by Crippen LogP contribution is -2.31. The molecular weight excluding hydrogens is 450 g/mol. The number of amides is 1. The molecule has 1 atom stereocenters. The molecule has 0 aliphatic carbocycles. The zero-order valence-electron chi connectivity index (χ0n) is 17.5. The number of ketones is 1. The van der Waals surface area contributed by atoms with E-state index in [-0.39, 0.29) is 16.8 Å². The average molecular weight is 467 g/mol. The summed E-state index contributed by atoms with van der Waals surface area (Å²) in [5.74, 6) is -3.21. The zero-order chi connectivity index (χ0) is 24.5. The Morgan fingerprint density at radius 2 is 1.62 bits per heavy atom. The maximum atomic E-state index is 13.6. The fourth-order valence-corrected chi connectivity index (χ4v) is 3.74. The number of aliphatic hydroxyl groups excluding tert-OH is 1. The standard InChI is InChI=1S/C26H17F4NO3/c27-19-12-10-17(11-13-19)23-22(21(32)14-9-16-5-2-1-3-6-16)24(33)25(34)31(23)20-8-4-7-18(15-20)26(28,29)30/h1-15,23,33H. The second kappa shape index (κ2) is 8.97. The molecular formula is C26H17F4NO3. The van der Waals surface area contributed by atoms with Crippen LogP contribution in [0.5, 0.6) is 0 Å². The van der Waals surface area contributed by atoms with Gasteiger partial charge in [0, 0.05) is 5.69 Å². The van der Waals surface area contributed by atoms with Gasteiger partial charge in [0.05, 0.1) is 17.2 Å². The Morgan fingerprint density at radius 1 is 0.941 bits per heavy atom. The number of hydrogen-bond donors (Lipinski definition) is 1. The van der Waals surface area contributed by atoms with Gasteiger partial charge in [0.2, 0.25) is 0 Å². The molecule has 172 valence electrons. The Kier molecular flexibility index (Phi) is 6.06. The molecule has 1 unspecified atom stereocenters. The van der Waals surface area contributed by atoms with Crippen LogP contribution in [0, 0.1) is 5.82 Å². The van der Waals surface area contributed by atoms with E-state index in [1.165, 1.54) is 30.4 Å². The second-order valence-corrected chi connectivity index (χ2v) is 7.55. The molecule has 1 aliphatic rings. The van der Waals surface area contributed by atoms with Gasteiger partial charge in [-0.2, -0.15) is 13.2 Å². The van der Waals surface area contributed by atoms with E-state index < -0.39 is 41.0 Å². The Labute approximate surface area is 192 Å². The van der Waals surface area contributed by atoms with Crippen molar-refractivity contribution in [2.75, 3.05) is 4.90 Å². The van der Waals surface area contributed by atoms with Crippen LogP contribution >= 0.6 is 0 Å². The molecule has 0 radical (unpaired) electrons. The fraction of sp³-hybridized carbons (Fsp3) is 0.0769. The lowest BCUT2D eigenvalue weighted by Gasteiger charge is -2.27. The number of halogens is 4. The third kappa shape index (κ3) is 4.47. The maximum Gasteiger partial charge on any atom is 0.416 e. The van der Waals surface area contributed by atoms with Gasteiger partial charge in [0.1, 0.15) is 5.82 Å². The van der Waals surface area contributed by atoms with Crippen LogP contribution in [0.4, 0.5) is 23.2 Å². The molecule has 8 heteroatoms. The first-order chi connectivity index (χ1) is 16.2. The van der Waals surface area contributed by atoms with Crippen molar-refractivity contribution in [1.82, 2.24) is 0 Å². The Bertz CT molecular complexity index is 1300. The normalized spacial score (nSPS) is 16.5. The predicted molar refractivity (Wildman–Crippen MR) is 118 cm³/mol. The Hall–Kier alpha value is -4.20. The number of aliphatic hydroxyl groups is 1. The van der Waals surface area contributed by atoms with Gasteiger partial charge in [-0.15, -0.1) is 0 Å². The number of benzene rings is 3. The van der Waals surface area contributed by atoms with Crippen molar-refractivity contribution in [2.24, 2.45) is 0 Å². The summed E-state index contributed by atoms with van der Waals surface area (Å²) >= 11 is 0. The van der Waals surface area contributed by atoms with E-state index in [1.807, 2.05) is 0 Å². The topological polar surface area (TPSA) is 57.6 Å². The van der Waals surface area contributed by atoms with E-state index in [9.17, 15) is 32.3 Å². The average Bonchev–Trinajstić information content (AvgIpc) is 3.09. The Balaban J connectivity index is 1.81. The highest BCUT2D eigenvalue weighted by atomic mass is 19.4. The molecule has 4 rings (SSSR count). The summed E-state index contributed by atoms with van der Waals surface area (Å²) in [4.78, 5) is 27.0. The van der Waals surface area contributed by atoms with Gasteiger partial charge in [-0.25, -0.2) is 4.39 Å². The van der Waals surface area contributed by atoms with Gasteiger partial charge < -0.3 is 5.11 Å². The van der Waals surface area contributed by atoms with E-state index in [2.05, 4.69) is 0 Å². The molecule has 0 saturated heterocycles. The molecule has 1 amide bonds. The number of carbonyl (C=O) groups is 2. The van der Waals surface area contributed by atoms with E-state index >= 15 is 0 Å². The second-order valence-electron chi connectivity index (χ2n) is 7.55. The van der Waals surface area contributed by atoms with E-state index in [0.717, 1.165) is 35.2 Å². The van der Waals surface area contributed by atoms with Gasteiger partial charge >= 0.3 is 6.18 Å². The lowest BCUT2D eigenvalue weighted by atomic mass is 9.95. The van der Waals surface area contributed by atoms with Crippen LogP contribution in [0.2, 0.25) is 0 Å². The minimum absolute atomic E-state index is 0.171. The molecule has 3 aromatic rings. The largest absolute Gasteiger partial charge is 0.503 e. The molecule has 1 N–H and O–H groups in total. The first-order valence-electron chi connectivity index (χ1n) is 10.1. The van der Waals surface area contributed by atoms with E-state index in [1.54, 1.807) is 30.3 Å². The van der Waals surface area contributed by atoms with Crippen molar-refractivity contribution in [3.05, 3.63) is 119 Å². The van der Waals surface area contributed by atoms with Crippen molar-refractivity contribution in [2.45, 2.75) is 12.2 Å². The SMILES string of the molecule is O=C(C=Cc1ccccc1)C1=C(O)C(=O)N(c2cccc(C(F)(F)F)c2)C1c1ccc(F)cc1. The van der Waals surface area contributed by atoms with Crippen LogP contribution in [0.1, 0.15) is 22.7 Å². The van der Waals surface area contributed by atoms with Crippen LogP contribution < -0.4 is 4.90 Å². The molecule has 3 aromatic carbocycles.